The van der Waals surface area contributed by atoms with Crippen molar-refractivity contribution in [3.63, 3.8) is 0 Å². The van der Waals surface area contributed by atoms with Gasteiger partial charge in [0.25, 0.3) is 5.24 Å². The number of carbonyl (C=O) groups excluding carboxylic acids is 2. The van der Waals surface area contributed by atoms with Gasteiger partial charge in [-0.3, -0.25) is 14.5 Å². The lowest BCUT2D eigenvalue weighted by Gasteiger charge is -2.13. The Morgan fingerprint density at radius 3 is 2.00 bits per heavy atom. The van der Waals surface area contributed by atoms with Gasteiger partial charge in [0.2, 0.25) is 5.91 Å². The van der Waals surface area contributed by atoms with Gasteiger partial charge in [0.15, 0.2) is 0 Å². The number of hydrogen-bond acceptors (Lipinski definition) is 7. The zero-order chi connectivity index (χ0) is 25.7. The van der Waals surface area contributed by atoms with E-state index < -0.39 is 5.97 Å². The molecule has 0 spiro atoms. The average Bonchev–Trinajstić information content (AvgIpc) is 3.20. The molecule has 0 aromatic heterocycles. The molecule has 36 heavy (non-hydrogen) atoms. The van der Waals surface area contributed by atoms with Crippen LogP contribution in [0.1, 0.15) is 16.7 Å². The van der Waals surface area contributed by atoms with Gasteiger partial charge in [-0.05, 0) is 59.2 Å². The number of benzene rings is 3. The molecule has 1 aliphatic rings. The fourth-order valence-corrected chi connectivity index (χ4v) is 4.29. The van der Waals surface area contributed by atoms with Crippen LogP contribution in [0.5, 0.6) is 23.0 Å². The van der Waals surface area contributed by atoms with Crippen molar-refractivity contribution >= 4 is 40.5 Å². The van der Waals surface area contributed by atoms with Crippen molar-refractivity contribution in [3.8, 4) is 23.0 Å². The van der Waals surface area contributed by atoms with Gasteiger partial charge < -0.3 is 19.3 Å². The van der Waals surface area contributed by atoms with Crippen molar-refractivity contribution in [2.24, 2.45) is 0 Å². The van der Waals surface area contributed by atoms with E-state index in [4.69, 9.17) is 14.2 Å². The maximum Gasteiger partial charge on any atom is 0.336 e. The van der Waals surface area contributed by atoms with Crippen LogP contribution in [0.2, 0.25) is 0 Å². The fourth-order valence-electron chi connectivity index (χ4n) is 3.57. The molecule has 0 bridgehead atoms. The molecule has 0 unspecified atom stereocenters. The summed E-state index contributed by atoms with van der Waals surface area (Å²) in [5.41, 5.74) is 2.04. The molecular weight excluding hydrogens is 482 g/mol. The number of aliphatic carboxylic acids is 1. The summed E-state index contributed by atoms with van der Waals surface area (Å²) >= 11 is 1.01. The second-order valence-corrected chi connectivity index (χ2v) is 8.74. The summed E-state index contributed by atoms with van der Waals surface area (Å²) < 4.78 is 16.4. The molecule has 184 valence electrons. The molecule has 0 radical (unpaired) electrons. The van der Waals surface area contributed by atoms with Gasteiger partial charge in [0, 0.05) is 6.07 Å². The number of rotatable bonds is 9. The topological polar surface area (TPSA) is 102 Å². The first kappa shape index (κ1) is 24.9. The predicted molar refractivity (Wildman–Crippen MR) is 136 cm³/mol. The quantitative estimate of drug-likeness (QED) is 0.308. The lowest BCUT2D eigenvalue weighted by atomic mass is 10.0. The van der Waals surface area contributed by atoms with Crippen LogP contribution < -0.4 is 14.2 Å². The van der Waals surface area contributed by atoms with Crippen molar-refractivity contribution in [2.45, 2.75) is 6.54 Å². The lowest BCUT2D eigenvalue weighted by molar-refractivity contribution is -0.130. The smallest absolute Gasteiger partial charge is 0.336 e. The van der Waals surface area contributed by atoms with Gasteiger partial charge >= 0.3 is 5.97 Å². The van der Waals surface area contributed by atoms with E-state index in [0.717, 1.165) is 17.3 Å². The molecule has 3 aromatic rings. The minimum atomic E-state index is -1.07. The molecule has 2 amide bonds. The molecule has 1 N–H and O–H groups in total. The summed E-state index contributed by atoms with van der Waals surface area (Å²) in [6, 6.07) is 19.0. The number of carboxylic acid groups (broad SMARTS) is 1. The van der Waals surface area contributed by atoms with Gasteiger partial charge in [-0.1, -0.05) is 36.0 Å². The zero-order valence-corrected chi connectivity index (χ0v) is 20.4. The number of imide groups is 1. The third kappa shape index (κ3) is 5.87. The molecule has 0 atom stereocenters. The van der Waals surface area contributed by atoms with Crippen molar-refractivity contribution in [1.29, 1.82) is 0 Å². The molecule has 1 saturated heterocycles. The summed E-state index contributed by atoms with van der Waals surface area (Å²) in [5, 5.41) is 9.56. The molecule has 3 aromatic carbocycles. The molecule has 1 aliphatic heterocycles. The van der Waals surface area contributed by atoms with E-state index in [2.05, 4.69) is 0 Å². The summed E-state index contributed by atoms with van der Waals surface area (Å²) in [6.07, 6.45) is 1.55. The maximum atomic E-state index is 12.0. The first-order valence-corrected chi connectivity index (χ1v) is 11.9. The highest BCUT2D eigenvalue weighted by molar-refractivity contribution is 8.14. The van der Waals surface area contributed by atoms with Crippen LogP contribution in [-0.2, 0) is 16.1 Å². The van der Waals surface area contributed by atoms with E-state index in [1.807, 2.05) is 0 Å². The largest absolute Gasteiger partial charge is 0.497 e. The fraction of sp³-hybridized carbons (Fsp3) is 0.148. The van der Waals surface area contributed by atoms with E-state index in [-0.39, 0.29) is 29.0 Å². The molecular formula is C27H23NO7S. The van der Waals surface area contributed by atoms with Crippen LogP contribution in [0.3, 0.4) is 0 Å². The summed E-state index contributed by atoms with van der Waals surface area (Å²) in [4.78, 5) is 36.8. The Kier molecular flexibility index (Phi) is 7.60. The Bertz CT molecular complexity index is 1280. The van der Waals surface area contributed by atoms with Crippen molar-refractivity contribution in [1.82, 2.24) is 4.90 Å². The number of nitrogens with zero attached hydrogens (tertiary/aromatic N) is 1. The Balaban J connectivity index is 1.48. The minimum absolute atomic E-state index is 0.102. The SMILES string of the molecule is COc1cc(/C=C(/C(=O)O)c2ccc(Oc3ccc(CN4C(=O)CSC4=O)cc3)cc2)cc(OC)c1. The highest BCUT2D eigenvalue weighted by Gasteiger charge is 2.29. The highest BCUT2D eigenvalue weighted by Crippen LogP contribution is 2.29. The van der Waals surface area contributed by atoms with Crippen LogP contribution in [0.4, 0.5) is 4.79 Å². The van der Waals surface area contributed by atoms with Crippen molar-refractivity contribution in [2.75, 3.05) is 20.0 Å². The molecule has 0 aliphatic carbocycles. The van der Waals surface area contributed by atoms with E-state index in [0.29, 0.717) is 34.1 Å². The van der Waals surface area contributed by atoms with Gasteiger partial charge in [-0.25, -0.2) is 4.79 Å². The van der Waals surface area contributed by atoms with Crippen LogP contribution in [0, 0.1) is 0 Å². The molecule has 1 heterocycles. The van der Waals surface area contributed by atoms with Crippen LogP contribution in [-0.4, -0.2) is 47.1 Å². The monoisotopic (exact) mass is 505 g/mol. The van der Waals surface area contributed by atoms with Crippen molar-refractivity contribution < 1.29 is 33.7 Å². The second kappa shape index (κ2) is 11.0. The second-order valence-electron chi connectivity index (χ2n) is 7.81. The van der Waals surface area contributed by atoms with Crippen LogP contribution in [0.25, 0.3) is 11.6 Å². The number of carbonyl (C=O) groups is 3. The Morgan fingerprint density at radius 2 is 1.50 bits per heavy atom. The average molecular weight is 506 g/mol. The van der Waals surface area contributed by atoms with Crippen LogP contribution in [0.15, 0.2) is 66.7 Å². The zero-order valence-electron chi connectivity index (χ0n) is 19.6. The van der Waals surface area contributed by atoms with Gasteiger partial charge in [-0.15, -0.1) is 0 Å². The predicted octanol–water partition coefficient (Wildman–Crippen LogP) is 5.32. The third-order valence-electron chi connectivity index (χ3n) is 5.42. The standard InChI is InChI=1S/C27H23NO7S/c1-33-22-11-18(12-23(14-22)34-2)13-24(26(30)31)19-5-9-21(10-6-19)35-20-7-3-17(4-8-20)15-28-25(29)16-36-27(28)32/h3-14H,15-16H2,1-2H3,(H,30,31)/b24-13+. The molecule has 4 rings (SSSR count). The van der Waals surface area contributed by atoms with Gasteiger partial charge in [0.1, 0.15) is 23.0 Å². The number of amides is 2. The minimum Gasteiger partial charge on any atom is -0.497 e. The van der Waals surface area contributed by atoms with E-state index in [1.54, 1.807) is 72.8 Å². The van der Waals surface area contributed by atoms with E-state index in [9.17, 15) is 19.5 Å². The normalized spacial score (nSPS) is 13.6. The molecule has 0 saturated carbocycles. The Hall–Kier alpha value is -4.24. The number of carboxylic acids is 1. The Morgan fingerprint density at radius 1 is 0.917 bits per heavy atom. The summed E-state index contributed by atoms with van der Waals surface area (Å²) in [6.45, 7) is 0.225. The molecule has 9 heteroatoms. The summed E-state index contributed by atoms with van der Waals surface area (Å²) in [7, 11) is 3.06. The highest BCUT2D eigenvalue weighted by atomic mass is 32.2. The lowest BCUT2D eigenvalue weighted by Crippen LogP contribution is -2.27. The number of ether oxygens (including phenoxy) is 3. The van der Waals surface area contributed by atoms with Gasteiger partial charge in [-0.2, -0.15) is 0 Å². The summed E-state index contributed by atoms with van der Waals surface area (Å²) in [5.74, 6) is 1.12. The molecule has 1 fully saturated rings. The maximum absolute atomic E-state index is 12.0. The van der Waals surface area contributed by atoms with Gasteiger partial charge in [0.05, 0.1) is 32.1 Å². The molecule has 8 nitrogen and oxygen atoms in total. The van der Waals surface area contributed by atoms with E-state index >= 15 is 0 Å². The van der Waals surface area contributed by atoms with Crippen LogP contribution >= 0.6 is 11.8 Å². The Labute approximate surface area is 212 Å². The third-order valence-corrected chi connectivity index (χ3v) is 6.28. The van der Waals surface area contributed by atoms with Crippen molar-refractivity contribution in [3.05, 3.63) is 83.4 Å². The number of methoxy groups -OCH3 is 2. The number of thioether (sulfide) groups is 1. The first-order valence-electron chi connectivity index (χ1n) is 10.9. The van der Waals surface area contributed by atoms with E-state index in [1.165, 1.54) is 19.1 Å². The first-order chi connectivity index (χ1) is 17.4. The number of hydrogen-bond donors (Lipinski definition) is 1.